The van der Waals surface area contributed by atoms with Gasteiger partial charge in [0, 0.05) is 24.9 Å². The van der Waals surface area contributed by atoms with Crippen LogP contribution in [0.4, 0.5) is 0 Å². The maximum atomic E-state index is 5.82. The summed E-state index contributed by atoms with van der Waals surface area (Å²) in [5.74, 6) is 3.20. The molecule has 0 N–H and O–H groups in total. The highest BCUT2D eigenvalue weighted by Gasteiger charge is 2.79. The van der Waals surface area contributed by atoms with E-state index in [9.17, 15) is 0 Å². The van der Waals surface area contributed by atoms with E-state index in [0.717, 1.165) is 13.2 Å². The fraction of sp³-hybridized carbons (Fsp3) is 0.833. The highest BCUT2D eigenvalue weighted by atomic mass is 16.7. The molecule has 1 aliphatic heterocycles. The quantitative estimate of drug-likeness (QED) is 0.603. The van der Waals surface area contributed by atoms with E-state index in [4.69, 9.17) is 14.2 Å². The molecule has 0 aromatic carbocycles. The first-order valence-corrected chi connectivity index (χ1v) is 5.78. The van der Waals surface area contributed by atoms with Crippen molar-refractivity contribution in [3.8, 4) is 0 Å². The van der Waals surface area contributed by atoms with Gasteiger partial charge in [-0.3, -0.25) is 0 Å². The van der Waals surface area contributed by atoms with Crippen LogP contribution in [-0.2, 0) is 14.2 Å². The molecule has 0 aromatic heterocycles. The zero-order chi connectivity index (χ0) is 10.0. The van der Waals surface area contributed by atoms with Crippen LogP contribution >= 0.6 is 0 Å². The van der Waals surface area contributed by atoms with Gasteiger partial charge >= 0.3 is 0 Å². The van der Waals surface area contributed by atoms with Gasteiger partial charge in [-0.25, -0.2) is 0 Å². The van der Waals surface area contributed by atoms with Crippen LogP contribution in [0.15, 0.2) is 12.2 Å². The van der Waals surface area contributed by atoms with E-state index >= 15 is 0 Å². The summed E-state index contributed by atoms with van der Waals surface area (Å²) >= 11 is 0. The van der Waals surface area contributed by atoms with Gasteiger partial charge in [-0.05, 0) is 11.8 Å². The minimum Gasteiger partial charge on any atom is -0.377 e. The molecule has 1 heterocycles. The standard InChI is InChI=1S/C12H16O3/c1-13-12-9-2-3-10(12)11(12)8-5-15-6-14-4-7(8)9/h2-3,7-11H,4-6H2,1H3/t7-,8+,9-,10+,11-,12?/m0/s1. The summed E-state index contributed by atoms with van der Waals surface area (Å²) in [4.78, 5) is 0. The average Bonchev–Trinajstić information content (AvgIpc) is 2.80. The molecule has 2 saturated carbocycles. The Balaban J connectivity index is 1.72. The summed E-state index contributed by atoms with van der Waals surface area (Å²) in [5.41, 5.74) is 0.138. The van der Waals surface area contributed by atoms with E-state index < -0.39 is 0 Å². The number of fused-ring (bicyclic) bond motifs is 4. The lowest BCUT2D eigenvalue weighted by atomic mass is 9.85. The fourth-order valence-corrected chi connectivity index (χ4v) is 4.44. The van der Waals surface area contributed by atoms with Gasteiger partial charge in [-0.15, -0.1) is 0 Å². The van der Waals surface area contributed by atoms with Gasteiger partial charge < -0.3 is 14.2 Å². The van der Waals surface area contributed by atoms with Gasteiger partial charge in [0.2, 0.25) is 0 Å². The Hall–Kier alpha value is -0.380. The highest BCUT2D eigenvalue weighted by Crippen LogP contribution is 2.74. The van der Waals surface area contributed by atoms with Gasteiger partial charge in [0.25, 0.3) is 0 Å². The number of rotatable bonds is 1. The second kappa shape index (κ2) is 2.65. The lowest BCUT2D eigenvalue weighted by Gasteiger charge is -2.24. The van der Waals surface area contributed by atoms with Crippen molar-refractivity contribution in [3.05, 3.63) is 12.2 Å². The van der Waals surface area contributed by atoms with Crippen molar-refractivity contribution in [2.75, 3.05) is 27.1 Å². The van der Waals surface area contributed by atoms with Gasteiger partial charge in [0.1, 0.15) is 6.79 Å². The molecule has 3 heteroatoms. The van der Waals surface area contributed by atoms with Crippen LogP contribution < -0.4 is 0 Å². The molecule has 4 rings (SSSR count). The van der Waals surface area contributed by atoms with E-state index in [-0.39, 0.29) is 5.60 Å². The lowest BCUT2D eigenvalue weighted by Crippen LogP contribution is -2.29. The summed E-state index contributed by atoms with van der Waals surface area (Å²) in [6, 6.07) is 0. The van der Waals surface area contributed by atoms with Crippen molar-refractivity contribution in [2.24, 2.45) is 29.6 Å². The van der Waals surface area contributed by atoms with E-state index in [1.54, 1.807) is 0 Å². The van der Waals surface area contributed by atoms with Gasteiger partial charge in [0.05, 0.1) is 18.8 Å². The molecule has 3 nitrogen and oxygen atoms in total. The van der Waals surface area contributed by atoms with E-state index in [1.165, 1.54) is 0 Å². The van der Waals surface area contributed by atoms with Crippen molar-refractivity contribution in [2.45, 2.75) is 5.60 Å². The molecule has 0 spiro atoms. The molecule has 6 atom stereocenters. The van der Waals surface area contributed by atoms with Gasteiger partial charge in [-0.2, -0.15) is 0 Å². The summed E-state index contributed by atoms with van der Waals surface area (Å²) in [6.07, 6.45) is 4.71. The largest absolute Gasteiger partial charge is 0.377 e. The first kappa shape index (κ1) is 8.74. The predicted octanol–water partition coefficient (Wildman–Crippen LogP) is 1.05. The van der Waals surface area contributed by atoms with Crippen LogP contribution in [0.5, 0.6) is 0 Å². The van der Waals surface area contributed by atoms with Gasteiger partial charge in [0.15, 0.2) is 0 Å². The van der Waals surface area contributed by atoms with Crippen LogP contribution in [0.3, 0.4) is 0 Å². The molecule has 1 unspecified atom stereocenters. The normalized spacial score (nSPS) is 59.9. The van der Waals surface area contributed by atoms with Crippen LogP contribution in [0, 0.1) is 29.6 Å². The third kappa shape index (κ3) is 0.811. The monoisotopic (exact) mass is 208 g/mol. The van der Waals surface area contributed by atoms with Crippen molar-refractivity contribution in [1.82, 2.24) is 0 Å². The molecule has 1 saturated heterocycles. The van der Waals surface area contributed by atoms with Crippen molar-refractivity contribution >= 4 is 0 Å². The van der Waals surface area contributed by atoms with Crippen molar-refractivity contribution in [3.63, 3.8) is 0 Å². The summed E-state index contributed by atoms with van der Waals surface area (Å²) in [7, 11) is 1.86. The molecular formula is C12H16O3. The van der Waals surface area contributed by atoms with Crippen LogP contribution in [0.1, 0.15) is 0 Å². The summed E-state index contributed by atoms with van der Waals surface area (Å²) in [6.45, 7) is 2.17. The fourth-order valence-electron chi connectivity index (χ4n) is 4.44. The van der Waals surface area contributed by atoms with Crippen LogP contribution in [-0.4, -0.2) is 32.7 Å². The number of ether oxygens (including phenoxy) is 3. The molecule has 3 aliphatic carbocycles. The van der Waals surface area contributed by atoms with Crippen LogP contribution in [0.2, 0.25) is 0 Å². The van der Waals surface area contributed by atoms with Gasteiger partial charge in [-0.1, -0.05) is 12.2 Å². The Kier molecular flexibility index (Phi) is 1.54. The summed E-state index contributed by atoms with van der Waals surface area (Å²) < 4.78 is 16.8. The zero-order valence-electron chi connectivity index (χ0n) is 8.89. The van der Waals surface area contributed by atoms with Crippen LogP contribution in [0.25, 0.3) is 0 Å². The molecule has 0 bridgehead atoms. The predicted molar refractivity (Wildman–Crippen MR) is 53.1 cm³/mol. The number of methoxy groups -OCH3 is 1. The van der Waals surface area contributed by atoms with E-state index in [2.05, 4.69) is 12.2 Å². The number of hydrogen-bond donors (Lipinski definition) is 0. The third-order valence-corrected chi connectivity index (χ3v) is 4.98. The second-order valence-corrected chi connectivity index (χ2v) is 5.21. The number of hydrogen-bond acceptors (Lipinski definition) is 3. The minimum absolute atomic E-state index is 0.138. The molecule has 4 aliphatic rings. The Bertz CT molecular complexity index is 327. The summed E-state index contributed by atoms with van der Waals surface area (Å²) in [5, 5.41) is 0. The Labute approximate surface area is 89.4 Å². The Morgan fingerprint density at radius 1 is 1.13 bits per heavy atom. The smallest absolute Gasteiger partial charge is 0.146 e. The molecule has 3 fully saturated rings. The minimum atomic E-state index is 0.138. The molecule has 15 heavy (non-hydrogen) atoms. The van der Waals surface area contributed by atoms with Crippen molar-refractivity contribution < 1.29 is 14.2 Å². The highest BCUT2D eigenvalue weighted by molar-refractivity contribution is 5.38. The van der Waals surface area contributed by atoms with E-state index in [1.807, 2.05) is 7.11 Å². The van der Waals surface area contributed by atoms with Crippen molar-refractivity contribution in [1.29, 1.82) is 0 Å². The molecular weight excluding hydrogens is 192 g/mol. The first-order valence-electron chi connectivity index (χ1n) is 5.78. The maximum absolute atomic E-state index is 5.82. The Morgan fingerprint density at radius 3 is 2.67 bits per heavy atom. The molecule has 82 valence electrons. The third-order valence-electron chi connectivity index (χ3n) is 4.98. The second-order valence-electron chi connectivity index (χ2n) is 5.21. The first-order chi connectivity index (χ1) is 7.39. The lowest BCUT2D eigenvalue weighted by molar-refractivity contribution is -0.0478. The molecule has 0 radical (unpaired) electrons. The SMILES string of the molecule is COC12[C@H]3[C@@H]4COCOC[C@@H]4[C@@H]1C=C[C@H]32. The molecule has 0 aromatic rings. The zero-order valence-corrected chi connectivity index (χ0v) is 8.89. The Morgan fingerprint density at radius 2 is 1.87 bits per heavy atom. The average molecular weight is 208 g/mol. The van der Waals surface area contributed by atoms with E-state index in [0.29, 0.717) is 36.4 Å². The topological polar surface area (TPSA) is 27.7 Å². The molecule has 0 amide bonds. The maximum Gasteiger partial charge on any atom is 0.146 e.